The third-order valence-corrected chi connectivity index (χ3v) is 2.94. The summed E-state index contributed by atoms with van der Waals surface area (Å²) in [7, 11) is 0. The van der Waals surface area contributed by atoms with Crippen molar-refractivity contribution in [1.82, 2.24) is 5.32 Å². The van der Waals surface area contributed by atoms with Gasteiger partial charge in [0.1, 0.15) is 11.5 Å². The highest BCUT2D eigenvalue weighted by atomic mass is 16.3. The molecule has 4 heteroatoms. The lowest BCUT2D eigenvalue weighted by atomic mass is 10.1. The topological polar surface area (TPSA) is 62.5 Å². The molecule has 1 aromatic heterocycles. The fraction of sp³-hybridized carbons (Fsp3) is 0.267. The number of benzene rings is 1. The van der Waals surface area contributed by atoms with Gasteiger partial charge >= 0.3 is 0 Å². The van der Waals surface area contributed by atoms with E-state index in [2.05, 4.69) is 5.32 Å². The number of aryl methyl sites for hydroxylation is 1. The van der Waals surface area contributed by atoms with Gasteiger partial charge in [-0.1, -0.05) is 6.07 Å². The van der Waals surface area contributed by atoms with Crippen molar-refractivity contribution >= 4 is 5.91 Å². The van der Waals surface area contributed by atoms with Crippen molar-refractivity contribution in [1.29, 1.82) is 0 Å². The average molecular weight is 259 g/mol. The van der Waals surface area contributed by atoms with Crippen LogP contribution in [0.25, 0.3) is 0 Å². The first-order chi connectivity index (χ1) is 9.06. The van der Waals surface area contributed by atoms with Gasteiger partial charge in [-0.3, -0.25) is 4.79 Å². The van der Waals surface area contributed by atoms with Crippen LogP contribution in [0.2, 0.25) is 0 Å². The molecule has 0 aliphatic carbocycles. The lowest BCUT2D eigenvalue weighted by Crippen LogP contribution is -2.33. The highest BCUT2D eigenvalue weighted by molar-refractivity contribution is 5.94. The Morgan fingerprint density at radius 2 is 2.21 bits per heavy atom. The Morgan fingerprint density at radius 3 is 2.84 bits per heavy atom. The third kappa shape index (κ3) is 3.37. The van der Waals surface area contributed by atoms with Crippen LogP contribution in [0.5, 0.6) is 5.75 Å². The molecule has 0 aliphatic rings. The second-order valence-corrected chi connectivity index (χ2v) is 4.66. The number of furan rings is 1. The molecule has 0 fully saturated rings. The van der Waals surface area contributed by atoms with E-state index in [1.165, 1.54) is 6.07 Å². The first kappa shape index (κ1) is 13.2. The average Bonchev–Trinajstić information content (AvgIpc) is 2.85. The largest absolute Gasteiger partial charge is 0.508 e. The zero-order chi connectivity index (χ0) is 13.8. The lowest BCUT2D eigenvalue weighted by molar-refractivity contribution is 0.0939. The van der Waals surface area contributed by atoms with E-state index in [-0.39, 0.29) is 17.7 Å². The van der Waals surface area contributed by atoms with E-state index in [9.17, 15) is 9.90 Å². The molecule has 4 nitrogen and oxygen atoms in total. The van der Waals surface area contributed by atoms with E-state index in [0.717, 1.165) is 11.3 Å². The SMILES string of the molecule is Cc1ccc(C(=O)NC(C)Cc2ccco2)cc1O. The number of phenolic OH excluding ortho intramolecular Hbond substituents is 1. The molecular formula is C15H17NO3. The number of carbonyl (C=O) groups is 1. The summed E-state index contributed by atoms with van der Waals surface area (Å²) in [6.45, 7) is 3.70. The summed E-state index contributed by atoms with van der Waals surface area (Å²) < 4.78 is 5.23. The molecule has 2 aromatic rings. The zero-order valence-electron chi connectivity index (χ0n) is 11.0. The van der Waals surface area contributed by atoms with Crippen LogP contribution in [0.1, 0.15) is 28.6 Å². The molecule has 2 rings (SSSR count). The molecule has 1 atom stereocenters. The van der Waals surface area contributed by atoms with Crippen molar-refractivity contribution in [2.45, 2.75) is 26.3 Å². The summed E-state index contributed by atoms with van der Waals surface area (Å²) in [5.41, 5.74) is 1.20. The molecule has 1 unspecified atom stereocenters. The number of carbonyl (C=O) groups excluding carboxylic acids is 1. The Bertz CT molecular complexity index is 561. The van der Waals surface area contributed by atoms with Gasteiger partial charge in [0.05, 0.1) is 6.26 Å². The summed E-state index contributed by atoms with van der Waals surface area (Å²) in [6, 6.07) is 8.56. The quantitative estimate of drug-likeness (QED) is 0.887. The van der Waals surface area contributed by atoms with Crippen LogP contribution >= 0.6 is 0 Å². The number of nitrogens with one attached hydrogen (secondary N) is 1. The van der Waals surface area contributed by atoms with Gasteiger partial charge in [0.25, 0.3) is 5.91 Å². The summed E-state index contributed by atoms with van der Waals surface area (Å²) in [5.74, 6) is 0.764. The molecule has 0 saturated heterocycles. The van der Waals surface area contributed by atoms with Gasteiger partial charge in [0.2, 0.25) is 0 Å². The van der Waals surface area contributed by atoms with E-state index in [1.54, 1.807) is 25.3 Å². The Morgan fingerprint density at radius 1 is 1.42 bits per heavy atom. The number of hydrogen-bond donors (Lipinski definition) is 2. The van der Waals surface area contributed by atoms with Crippen LogP contribution in [0, 0.1) is 6.92 Å². The van der Waals surface area contributed by atoms with Gasteiger partial charge in [0.15, 0.2) is 0 Å². The van der Waals surface area contributed by atoms with Crippen LogP contribution < -0.4 is 5.32 Å². The fourth-order valence-corrected chi connectivity index (χ4v) is 1.84. The molecule has 2 N–H and O–H groups in total. The number of rotatable bonds is 4. The van der Waals surface area contributed by atoms with Crippen molar-refractivity contribution in [2.24, 2.45) is 0 Å². The standard InChI is InChI=1S/C15H17NO3/c1-10-5-6-12(9-14(10)17)15(18)16-11(2)8-13-4-3-7-19-13/h3-7,9,11,17H,8H2,1-2H3,(H,16,18). The number of aromatic hydroxyl groups is 1. The first-order valence-corrected chi connectivity index (χ1v) is 6.19. The Hall–Kier alpha value is -2.23. The van der Waals surface area contributed by atoms with Crippen molar-refractivity contribution in [2.75, 3.05) is 0 Å². The van der Waals surface area contributed by atoms with E-state index in [1.807, 2.05) is 19.1 Å². The first-order valence-electron chi connectivity index (χ1n) is 6.19. The minimum atomic E-state index is -0.200. The van der Waals surface area contributed by atoms with Gasteiger partial charge in [-0.05, 0) is 43.7 Å². The highest BCUT2D eigenvalue weighted by Crippen LogP contribution is 2.17. The van der Waals surface area contributed by atoms with Gasteiger partial charge in [-0.2, -0.15) is 0 Å². The van der Waals surface area contributed by atoms with Crippen molar-refractivity contribution < 1.29 is 14.3 Å². The summed E-state index contributed by atoms with van der Waals surface area (Å²) in [6.07, 6.45) is 2.25. The smallest absolute Gasteiger partial charge is 0.251 e. The third-order valence-electron chi connectivity index (χ3n) is 2.94. The lowest BCUT2D eigenvalue weighted by Gasteiger charge is -2.13. The molecule has 0 saturated carbocycles. The molecule has 0 radical (unpaired) electrons. The summed E-state index contributed by atoms with van der Waals surface area (Å²) in [5, 5.41) is 12.5. The van der Waals surface area contributed by atoms with Crippen molar-refractivity contribution in [3.05, 3.63) is 53.5 Å². The Balaban J connectivity index is 1.98. The number of phenols is 1. The van der Waals surface area contributed by atoms with Gasteiger partial charge in [0, 0.05) is 18.0 Å². The van der Waals surface area contributed by atoms with Gasteiger partial charge in [-0.15, -0.1) is 0 Å². The molecule has 100 valence electrons. The Kier molecular flexibility index (Phi) is 3.90. The second-order valence-electron chi connectivity index (χ2n) is 4.66. The normalized spacial score (nSPS) is 12.1. The van der Waals surface area contributed by atoms with Crippen LogP contribution in [0.3, 0.4) is 0 Å². The molecule has 1 aromatic carbocycles. The van der Waals surface area contributed by atoms with E-state index < -0.39 is 0 Å². The van der Waals surface area contributed by atoms with Crippen LogP contribution in [0.15, 0.2) is 41.0 Å². The monoisotopic (exact) mass is 259 g/mol. The zero-order valence-corrected chi connectivity index (χ0v) is 11.0. The molecular weight excluding hydrogens is 242 g/mol. The molecule has 19 heavy (non-hydrogen) atoms. The number of hydrogen-bond acceptors (Lipinski definition) is 3. The molecule has 1 heterocycles. The predicted octanol–water partition coefficient (Wildman–Crippen LogP) is 2.65. The predicted molar refractivity (Wildman–Crippen MR) is 72.2 cm³/mol. The highest BCUT2D eigenvalue weighted by Gasteiger charge is 2.12. The minimum absolute atomic E-state index is 0.0397. The fourth-order valence-electron chi connectivity index (χ4n) is 1.84. The Labute approximate surface area is 112 Å². The molecule has 0 spiro atoms. The van der Waals surface area contributed by atoms with Crippen LogP contribution in [-0.2, 0) is 6.42 Å². The molecule has 1 amide bonds. The summed E-state index contributed by atoms with van der Waals surface area (Å²) >= 11 is 0. The number of amides is 1. The maximum Gasteiger partial charge on any atom is 0.251 e. The molecule has 0 aliphatic heterocycles. The molecule has 0 bridgehead atoms. The van der Waals surface area contributed by atoms with E-state index >= 15 is 0 Å². The maximum atomic E-state index is 12.0. The van der Waals surface area contributed by atoms with Gasteiger partial charge in [-0.25, -0.2) is 0 Å². The van der Waals surface area contributed by atoms with Crippen LogP contribution in [-0.4, -0.2) is 17.1 Å². The second kappa shape index (κ2) is 5.61. The van der Waals surface area contributed by atoms with E-state index in [0.29, 0.717) is 12.0 Å². The van der Waals surface area contributed by atoms with Crippen LogP contribution in [0.4, 0.5) is 0 Å². The van der Waals surface area contributed by atoms with E-state index in [4.69, 9.17) is 4.42 Å². The maximum absolute atomic E-state index is 12.0. The van der Waals surface area contributed by atoms with Gasteiger partial charge < -0.3 is 14.8 Å². The van der Waals surface area contributed by atoms with Crippen molar-refractivity contribution in [3.8, 4) is 5.75 Å². The summed E-state index contributed by atoms with van der Waals surface area (Å²) in [4.78, 5) is 12.0. The minimum Gasteiger partial charge on any atom is -0.508 e. The van der Waals surface area contributed by atoms with Crippen molar-refractivity contribution in [3.63, 3.8) is 0 Å².